The van der Waals surface area contributed by atoms with E-state index in [0.29, 0.717) is 36.0 Å². The zero-order valence-corrected chi connectivity index (χ0v) is 20.3. The fraction of sp³-hybridized carbons (Fsp3) is 0.889. The molecule has 0 radical (unpaired) electrons. The van der Waals surface area contributed by atoms with Crippen LogP contribution >= 0.6 is 0 Å². The number of carboxylic acid groups (broad SMARTS) is 1. The quantitative estimate of drug-likeness (QED) is 0.452. The number of rotatable bonds is 6. The Morgan fingerprint density at radius 1 is 1.06 bits per heavy atom. The van der Waals surface area contributed by atoms with Crippen LogP contribution in [-0.4, -0.2) is 44.7 Å². The highest BCUT2D eigenvalue weighted by Gasteiger charge is 2.61. The molecule has 0 heterocycles. The molecule has 0 aromatic carbocycles. The fourth-order valence-electron chi connectivity index (χ4n) is 8.65. The molecule has 0 aromatic rings. The van der Waals surface area contributed by atoms with Gasteiger partial charge in [-0.25, -0.2) is 0 Å². The number of aliphatic hydroxyl groups excluding tert-OH is 3. The van der Waals surface area contributed by atoms with Gasteiger partial charge in [-0.05, 0) is 105 Å². The SMILES string of the molecule is CC(C(=O)O)C(O)CC[C@@H](C)[C@H]1CC[C@H]2[C@@H]3[C@@H](O)C=C4C[C@@H](O)CC[C@]4(C)[C@H]3CC[C@]12C. The molecular weight excluding hydrogens is 404 g/mol. The molecule has 0 spiro atoms. The highest BCUT2D eigenvalue weighted by Crippen LogP contribution is 2.67. The second-order valence-electron chi connectivity index (χ2n) is 12.3. The van der Waals surface area contributed by atoms with Gasteiger partial charge in [-0.1, -0.05) is 32.4 Å². The van der Waals surface area contributed by atoms with Crippen LogP contribution in [0.2, 0.25) is 0 Å². The lowest BCUT2D eigenvalue weighted by atomic mass is 9.46. The molecule has 5 nitrogen and oxygen atoms in total. The van der Waals surface area contributed by atoms with Crippen molar-refractivity contribution < 1.29 is 25.2 Å². The van der Waals surface area contributed by atoms with Crippen molar-refractivity contribution in [3.63, 3.8) is 0 Å². The largest absolute Gasteiger partial charge is 0.481 e. The topological polar surface area (TPSA) is 98.0 Å². The summed E-state index contributed by atoms with van der Waals surface area (Å²) in [6.45, 7) is 8.69. The minimum atomic E-state index is -0.932. The van der Waals surface area contributed by atoms with E-state index in [-0.39, 0.29) is 16.9 Å². The van der Waals surface area contributed by atoms with Crippen molar-refractivity contribution in [2.24, 2.45) is 46.3 Å². The van der Waals surface area contributed by atoms with Crippen molar-refractivity contribution in [3.8, 4) is 0 Å². The molecule has 0 aliphatic heterocycles. The third kappa shape index (κ3) is 3.86. The summed E-state index contributed by atoms with van der Waals surface area (Å²) in [7, 11) is 0. The summed E-state index contributed by atoms with van der Waals surface area (Å²) < 4.78 is 0. The fourth-order valence-corrected chi connectivity index (χ4v) is 8.65. The van der Waals surface area contributed by atoms with E-state index in [2.05, 4.69) is 26.8 Å². The number of fused-ring (bicyclic) bond motifs is 5. The standard InChI is InChI=1S/C27H44O5/c1-15(5-8-22(29)16(2)25(31)32)19-6-7-20-24-21(10-12-27(19,20)4)26(3)11-9-18(28)13-17(26)14-23(24)30/h14-16,18-24,28-30H,5-13H2,1-4H3,(H,31,32)/t15-,16?,18+,19-,20+,21+,22?,23+,24+,26+,27-/m1/s1. The van der Waals surface area contributed by atoms with E-state index in [0.717, 1.165) is 44.9 Å². The summed E-state index contributed by atoms with van der Waals surface area (Å²) in [6, 6.07) is 0. The van der Waals surface area contributed by atoms with Crippen LogP contribution in [0.4, 0.5) is 0 Å². The molecule has 4 aliphatic carbocycles. The third-order valence-electron chi connectivity index (χ3n) is 10.7. The van der Waals surface area contributed by atoms with Crippen molar-refractivity contribution in [1.29, 1.82) is 0 Å². The molecule has 4 aliphatic rings. The minimum Gasteiger partial charge on any atom is -0.481 e. The number of hydrogen-bond donors (Lipinski definition) is 4. The van der Waals surface area contributed by atoms with Crippen LogP contribution in [0.3, 0.4) is 0 Å². The summed E-state index contributed by atoms with van der Waals surface area (Å²) in [4.78, 5) is 11.2. The molecule has 0 amide bonds. The first kappa shape index (κ1) is 24.2. The van der Waals surface area contributed by atoms with Crippen LogP contribution in [0.5, 0.6) is 0 Å². The molecule has 182 valence electrons. The average molecular weight is 449 g/mol. The molecule has 3 saturated carbocycles. The third-order valence-corrected chi connectivity index (χ3v) is 10.7. The Balaban J connectivity index is 1.49. The predicted molar refractivity (Wildman–Crippen MR) is 124 cm³/mol. The molecule has 32 heavy (non-hydrogen) atoms. The molecule has 11 atom stereocenters. The lowest BCUT2D eigenvalue weighted by Crippen LogP contribution is -2.55. The van der Waals surface area contributed by atoms with Crippen molar-refractivity contribution >= 4 is 5.97 Å². The smallest absolute Gasteiger partial charge is 0.308 e. The maximum Gasteiger partial charge on any atom is 0.308 e. The Morgan fingerprint density at radius 2 is 1.78 bits per heavy atom. The molecule has 5 heteroatoms. The molecule has 0 saturated heterocycles. The van der Waals surface area contributed by atoms with Gasteiger partial charge >= 0.3 is 5.97 Å². The predicted octanol–water partition coefficient (Wildman–Crippen LogP) is 4.40. The normalized spacial score (nSPS) is 46.3. The minimum absolute atomic E-state index is 0.116. The number of carbonyl (C=O) groups is 1. The Kier molecular flexibility index (Phi) is 6.59. The second-order valence-corrected chi connectivity index (χ2v) is 12.3. The maximum atomic E-state index is 11.3. The monoisotopic (exact) mass is 448 g/mol. The summed E-state index contributed by atoms with van der Waals surface area (Å²) in [5, 5.41) is 40.9. The zero-order chi connectivity index (χ0) is 23.4. The average Bonchev–Trinajstić information content (AvgIpc) is 3.09. The molecular formula is C27H44O5. The summed E-state index contributed by atoms with van der Waals surface area (Å²) in [5.74, 6) is 0.635. The van der Waals surface area contributed by atoms with E-state index in [1.807, 2.05) is 0 Å². The number of carboxylic acids is 1. The van der Waals surface area contributed by atoms with Gasteiger partial charge in [0.05, 0.1) is 24.2 Å². The Labute approximate surface area is 193 Å². The van der Waals surface area contributed by atoms with Gasteiger partial charge in [0.2, 0.25) is 0 Å². The maximum absolute atomic E-state index is 11.3. The van der Waals surface area contributed by atoms with Gasteiger partial charge in [0.25, 0.3) is 0 Å². The molecule has 3 fully saturated rings. The van der Waals surface area contributed by atoms with E-state index >= 15 is 0 Å². The van der Waals surface area contributed by atoms with Crippen LogP contribution in [0.25, 0.3) is 0 Å². The molecule has 0 bridgehead atoms. The first-order chi connectivity index (χ1) is 15.0. The van der Waals surface area contributed by atoms with Crippen LogP contribution in [0.1, 0.15) is 85.5 Å². The first-order valence-electron chi connectivity index (χ1n) is 13.0. The van der Waals surface area contributed by atoms with Gasteiger partial charge in [-0.3, -0.25) is 4.79 Å². The van der Waals surface area contributed by atoms with E-state index < -0.39 is 24.1 Å². The van der Waals surface area contributed by atoms with Crippen molar-refractivity contribution in [3.05, 3.63) is 11.6 Å². The lowest BCUT2D eigenvalue weighted by molar-refractivity contribution is -0.145. The Hall–Kier alpha value is -0.910. The van der Waals surface area contributed by atoms with E-state index in [4.69, 9.17) is 0 Å². The van der Waals surface area contributed by atoms with Crippen LogP contribution in [-0.2, 0) is 4.79 Å². The summed E-state index contributed by atoms with van der Waals surface area (Å²) >= 11 is 0. The van der Waals surface area contributed by atoms with Gasteiger partial charge in [-0.2, -0.15) is 0 Å². The molecule has 0 aromatic heterocycles. The van der Waals surface area contributed by atoms with E-state index in [9.17, 15) is 25.2 Å². The number of aliphatic hydroxyl groups is 3. The van der Waals surface area contributed by atoms with Crippen LogP contribution < -0.4 is 0 Å². The molecule has 4 rings (SSSR count). The summed E-state index contributed by atoms with van der Waals surface area (Å²) in [6.07, 6.45) is 9.27. The Bertz CT molecular complexity index is 748. The van der Waals surface area contributed by atoms with Crippen LogP contribution in [0, 0.1) is 46.3 Å². The van der Waals surface area contributed by atoms with E-state index in [1.165, 1.54) is 12.0 Å². The van der Waals surface area contributed by atoms with Crippen molar-refractivity contribution in [1.82, 2.24) is 0 Å². The molecule has 4 N–H and O–H groups in total. The van der Waals surface area contributed by atoms with Gasteiger partial charge in [-0.15, -0.1) is 0 Å². The van der Waals surface area contributed by atoms with Crippen LogP contribution in [0.15, 0.2) is 11.6 Å². The second kappa shape index (κ2) is 8.70. The van der Waals surface area contributed by atoms with Gasteiger partial charge in [0.15, 0.2) is 0 Å². The zero-order valence-electron chi connectivity index (χ0n) is 20.3. The highest BCUT2D eigenvalue weighted by atomic mass is 16.4. The lowest BCUT2D eigenvalue weighted by Gasteiger charge is -2.59. The Morgan fingerprint density at radius 3 is 2.47 bits per heavy atom. The number of hydrogen-bond acceptors (Lipinski definition) is 4. The molecule has 2 unspecified atom stereocenters. The van der Waals surface area contributed by atoms with Gasteiger partial charge < -0.3 is 20.4 Å². The van der Waals surface area contributed by atoms with E-state index in [1.54, 1.807) is 6.92 Å². The highest BCUT2D eigenvalue weighted by molar-refractivity contribution is 5.70. The first-order valence-corrected chi connectivity index (χ1v) is 13.0. The van der Waals surface area contributed by atoms with Crippen molar-refractivity contribution in [2.75, 3.05) is 0 Å². The van der Waals surface area contributed by atoms with Crippen molar-refractivity contribution in [2.45, 2.75) is 104 Å². The number of aliphatic carboxylic acids is 1. The van der Waals surface area contributed by atoms with Gasteiger partial charge in [0.1, 0.15) is 0 Å². The van der Waals surface area contributed by atoms with Gasteiger partial charge in [0, 0.05) is 0 Å². The summed E-state index contributed by atoms with van der Waals surface area (Å²) in [5.41, 5.74) is 1.60.